The third-order valence-corrected chi connectivity index (χ3v) is 5.12. The number of nitrogens with zero attached hydrogens (tertiary/aromatic N) is 4. The summed E-state index contributed by atoms with van der Waals surface area (Å²) in [6.45, 7) is 3.27. The van der Waals surface area contributed by atoms with E-state index in [-0.39, 0.29) is 17.1 Å². The molecule has 0 saturated heterocycles. The van der Waals surface area contributed by atoms with Crippen LogP contribution in [0.4, 0.5) is 23.2 Å². The van der Waals surface area contributed by atoms with Crippen LogP contribution in [0, 0.1) is 5.82 Å². The van der Waals surface area contributed by atoms with Gasteiger partial charge in [0.2, 0.25) is 5.91 Å². The van der Waals surface area contributed by atoms with Crippen LogP contribution in [-0.2, 0) is 17.5 Å². The van der Waals surface area contributed by atoms with Gasteiger partial charge >= 0.3 is 6.18 Å². The predicted molar refractivity (Wildman–Crippen MR) is 117 cm³/mol. The smallest absolute Gasteiger partial charge is 0.324 e. The molecule has 0 saturated carbocycles. The summed E-state index contributed by atoms with van der Waals surface area (Å²) in [5, 5.41) is 11.6. The maximum atomic E-state index is 13.4. The number of aromatic nitrogens is 4. The SMILES string of the molecule is CC(C)c1nn(CC(=O)Nc2ccc(C(F)(F)F)cc2)c(=O)c2c1cnn2-c1ccc(F)cc1. The lowest BCUT2D eigenvalue weighted by Gasteiger charge is -2.13. The van der Waals surface area contributed by atoms with Gasteiger partial charge in [-0.3, -0.25) is 9.59 Å². The Morgan fingerprint density at radius 3 is 2.29 bits per heavy atom. The highest BCUT2D eigenvalue weighted by atomic mass is 19.4. The quantitative estimate of drug-likeness (QED) is 0.433. The number of rotatable bonds is 5. The summed E-state index contributed by atoms with van der Waals surface area (Å²) in [7, 11) is 0. The molecule has 0 fully saturated rings. The van der Waals surface area contributed by atoms with Gasteiger partial charge in [0.1, 0.15) is 17.9 Å². The first-order valence-electron chi connectivity index (χ1n) is 10.3. The molecule has 0 atom stereocenters. The Morgan fingerprint density at radius 2 is 1.71 bits per heavy atom. The first-order valence-corrected chi connectivity index (χ1v) is 10.3. The Morgan fingerprint density at radius 1 is 1.06 bits per heavy atom. The molecule has 0 unspecified atom stereocenters. The van der Waals surface area contributed by atoms with Crippen LogP contribution in [-0.4, -0.2) is 25.5 Å². The highest BCUT2D eigenvalue weighted by Crippen LogP contribution is 2.30. The van der Waals surface area contributed by atoms with Crippen LogP contribution in [0.5, 0.6) is 0 Å². The molecule has 0 spiro atoms. The normalized spacial score (nSPS) is 11.9. The zero-order valence-corrected chi connectivity index (χ0v) is 18.1. The number of hydrogen-bond acceptors (Lipinski definition) is 4. The molecule has 11 heteroatoms. The Balaban J connectivity index is 1.69. The molecule has 2 heterocycles. The fourth-order valence-corrected chi connectivity index (χ4v) is 3.48. The van der Waals surface area contributed by atoms with Crippen LogP contribution in [0.1, 0.15) is 31.0 Å². The third-order valence-electron chi connectivity index (χ3n) is 5.12. The molecule has 0 aliphatic rings. The maximum Gasteiger partial charge on any atom is 0.416 e. The van der Waals surface area contributed by atoms with E-state index < -0.39 is 35.6 Å². The standard InChI is InChI=1S/C23H19F4N5O2/c1-13(2)20-18-11-28-32(17-9-5-15(24)6-10-17)21(18)22(34)31(30-20)12-19(33)29-16-7-3-14(4-8-16)23(25,26)27/h3-11,13H,12H2,1-2H3,(H,29,33). The lowest BCUT2D eigenvalue weighted by atomic mass is 10.1. The Hall–Kier alpha value is -4.02. The van der Waals surface area contributed by atoms with Crippen LogP contribution in [0.3, 0.4) is 0 Å². The van der Waals surface area contributed by atoms with Crippen LogP contribution in [0.2, 0.25) is 0 Å². The topological polar surface area (TPSA) is 81.8 Å². The number of alkyl halides is 3. The lowest BCUT2D eigenvalue weighted by Crippen LogP contribution is -2.31. The summed E-state index contributed by atoms with van der Waals surface area (Å²) in [5.74, 6) is -1.20. The molecular formula is C23H19F4N5O2. The number of amides is 1. The highest BCUT2D eigenvalue weighted by molar-refractivity contribution is 5.90. The number of benzene rings is 2. The van der Waals surface area contributed by atoms with Gasteiger partial charge in [0.15, 0.2) is 0 Å². The van der Waals surface area contributed by atoms with Crippen molar-refractivity contribution in [3.05, 3.63) is 82.2 Å². The van der Waals surface area contributed by atoms with Crippen molar-refractivity contribution in [2.45, 2.75) is 32.5 Å². The second-order valence-corrected chi connectivity index (χ2v) is 7.92. The molecule has 34 heavy (non-hydrogen) atoms. The van der Waals surface area contributed by atoms with E-state index in [0.717, 1.165) is 28.9 Å². The summed E-state index contributed by atoms with van der Waals surface area (Å²) in [6.07, 6.45) is -3.00. The van der Waals surface area contributed by atoms with Gasteiger partial charge < -0.3 is 5.32 Å². The number of fused-ring (bicyclic) bond motifs is 1. The second-order valence-electron chi connectivity index (χ2n) is 7.92. The summed E-state index contributed by atoms with van der Waals surface area (Å²) < 4.78 is 53.9. The zero-order valence-electron chi connectivity index (χ0n) is 18.1. The van der Waals surface area contributed by atoms with E-state index in [1.54, 1.807) is 0 Å². The molecule has 2 aromatic carbocycles. The van der Waals surface area contributed by atoms with Gasteiger partial charge in [-0.2, -0.15) is 23.4 Å². The van der Waals surface area contributed by atoms with Crippen molar-refractivity contribution < 1.29 is 22.4 Å². The maximum absolute atomic E-state index is 13.4. The molecule has 4 rings (SSSR count). The molecule has 0 aliphatic heterocycles. The van der Waals surface area contributed by atoms with E-state index in [9.17, 15) is 27.2 Å². The molecule has 1 N–H and O–H groups in total. The Bertz CT molecular complexity index is 1410. The van der Waals surface area contributed by atoms with Gasteiger partial charge in [0, 0.05) is 11.1 Å². The van der Waals surface area contributed by atoms with Crippen molar-refractivity contribution in [1.29, 1.82) is 0 Å². The highest BCUT2D eigenvalue weighted by Gasteiger charge is 2.30. The summed E-state index contributed by atoms with van der Waals surface area (Å²) in [5.41, 5.74) is -0.131. The Labute approximate surface area is 190 Å². The predicted octanol–water partition coefficient (Wildman–Crippen LogP) is 4.50. The largest absolute Gasteiger partial charge is 0.416 e. The second kappa shape index (κ2) is 8.73. The fraction of sp³-hybridized carbons (Fsp3) is 0.217. The third kappa shape index (κ3) is 4.54. The van der Waals surface area contributed by atoms with Crippen molar-refractivity contribution in [3.63, 3.8) is 0 Å². The number of hydrogen-bond donors (Lipinski definition) is 1. The van der Waals surface area contributed by atoms with Crippen molar-refractivity contribution in [2.24, 2.45) is 0 Å². The summed E-state index contributed by atoms with van der Waals surface area (Å²) in [6, 6.07) is 9.38. The first kappa shape index (κ1) is 23.1. The molecular weight excluding hydrogens is 454 g/mol. The van der Waals surface area contributed by atoms with E-state index in [2.05, 4.69) is 15.5 Å². The van der Waals surface area contributed by atoms with Gasteiger partial charge in [0.25, 0.3) is 5.56 Å². The number of halogens is 4. The van der Waals surface area contributed by atoms with E-state index >= 15 is 0 Å². The van der Waals surface area contributed by atoms with Crippen LogP contribution >= 0.6 is 0 Å². The van der Waals surface area contributed by atoms with E-state index in [1.165, 1.54) is 35.1 Å². The molecule has 0 bridgehead atoms. The first-order chi connectivity index (χ1) is 16.0. The molecule has 176 valence electrons. The van der Waals surface area contributed by atoms with Crippen molar-refractivity contribution in [2.75, 3.05) is 5.32 Å². The number of nitrogens with one attached hydrogen (secondary N) is 1. The van der Waals surface area contributed by atoms with Gasteiger partial charge in [0.05, 0.1) is 23.1 Å². The lowest BCUT2D eigenvalue weighted by molar-refractivity contribution is -0.137. The van der Waals surface area contributed by atoms with Gasteiger partial charge in [-0.25, -0.2) is 13.8 Å². The van der Waals surface area contributed by atoms with Crippen LogP contribution in [0.25, 0.3) is 16.6 Å². The average Bonchev–Trinajstić information content (AvgIpc) is 3.21. The van der Waals surface area contributed by atoms with Crippen molar-refractivity contribution in [3.8, 4) is 5.69 Å². The summed E-state index contributed by atoms with van der Waals surface area (Å²) in [4.78, 5) is 25.8. The fourth-order valence-electron chi connectivity index (χ4n) is 3.48. The molecule has 0 aliphatic carbocycles. The van der Waals surface area contributed by atoms with Crippen molar-refractivity contribution in [1.82, 2.24) is 19.6 Å². The number of carbonyl (C=O) groups excluding carboxylic acids is 1. The van der Waals surface area contributed by atoms with E-state index in [0.29, 0.717) is 16.8 Å². The minimum Gasteiger partial charge on any atom is -0.324 e. The molecule has 1 amide bonds. The van der Waals surface area contributed by atoms with Crippen LogP contribution < -0.4 is 10.9 Å². The summed E-state index contributed by atoms with van der Waals surface area (Å²) >= 11 is 0. The van der Waals surface area contributed by atoms with Crippen molar-refractivity contribution >= 4 is 22.5 Å². The van der Waals surface area contributed by atoms with E-state index in [1.807, 2.05) is 13.8 Å². The molecule has 7 nitrogen and oxygen atoms in total. The van der Waals surface area contributed by atoms with Crippen LogP contribution in [0.15, 0.2) is 59.5 Å². The minimum absolute atomic E-state index is 0.113. The minimum atomic E-state index is -4.49. The monoisotopic (exact) mass is 473 g/mol. The van der Waals surface area contributed by atoms with Gasteiger partial charge in [-0.1, -0.05) is 13.8 Å². The number of carbonyl (C=O) groups is 1. The van der Waals surface area contributed by atoms with E-state index in [4.69, 9.17) is 0 Å². The molecule has 2 aromatic heterocycles. The van der Waals surface area contributed by atoms with Gasteiger partial charge in [-0.15, -0.1) is 0 Å². The Kier molecular flexibility index (Phi) is 5.94. The number of anilines is 1. The molecule has 4 aromatic rings. The molecule has 0 radical (unpaired) electrons. The average molecular weight is 473 g/mol. The van der Waals surface area contributed by atoms with Gasteiger partial charge in [-0.05, 0) is 54.4 Å². The zero-order chi connectivity index (χ0) is 24.6.